The van der Waals surface area contributed by atoms with Gasteiger partial charge in [0.25, 0.3) is 5.91 Å². The summed E-state index contributed by atoms with van der Waals surface area (Å²) in [6, 6.07) is 7.89. The Kier molecular flexibility index (Phi) is 5.43. The summed E-state index contributed by atoms with van der Waals surface area (Å²) in [6.07, 6.45) is 3.88. The molecule has 10 nitrogen and oxygen atoms in total. The Labute approximate surface area is 197 Å². The number of nitrogens with one attached hydrogen (secondary N) is 3. The SMILES string of the molecule is CNC(=O)c1nnc(NC(=O)C2CC2)cc1Nc1cccc2c1N(C)Cc1cn(C(C)C)nc1-2. The van der Waals surface area contributed by atoms with Gasteiger partial charge in [0.15, 0.2) is 11.5 Å². The molecule has 5 rings (SSSR count). The van der Waals surface area contributed by atoms with E-state index in [1.165, 1.54) is 5.56 Å². The van der Waals surface area contributed by atoms with Gasteiger partial charge in [0.1, 0.15) is 0 Å². The normalized spacial score (nSPS) is 14.4. The molecule has 0 radical (unpaired) electrons. The van der Waals surface area contributed by atoms with E-state index in [4.69, 9.17) is 5.10 Å². The Morgan fingerprint density at radius 3 is 2.65 bits per heavy atom. The number of amides is 2. The van der Waals surface area contributed by atoms with Crippen LogP contribution in [0.3, 0.4) is 0 Å². The molecule has 0 spiro atoms. The second kappa shape index (κ2) is 8.44. The first-order chi connectivity index (χ1) is 16.4. The summed E-state index contributed by atoms with van der Waals surface area (Å²) >= 11 is 0. The fourth-order valence-corrected chi connectivity index (χ4v) is 4.17. The van der Waals surface area contributed by atoms with Crippen molar-refractivity contribution in [2.45, 2.75) is 39.3 Å². The van der Waals surface area contributed by atoms with E-state index >= 15 is 0 Å². The van der Waals surface area contributed by atoms with Crippen LogP contribution in [-0.4, -0.2) is 45.9 Å². The van der Waals surface area contributed by atoms with E-state index in [0.717, 1.165) is 35.5 Å². The molecule has 1 saturated carbocycles. The summed E-state index contributed by atoms with van der Waals surface area (Å²) in [4.78, 5) is 26.9. The van der Waals surface area contributed by atoms with Gasteiger partial charge in [0.05, 0.1) is 22.8 Å². The first-order valence-corrected chi connectivity index (χ1v) is 11.5. The number of fused-ring (bicyclic) bond motifs is 3. The van der Waals surface area contributed by atoms with Crippen molar-refractivity contribution in [3.63, 3.8) is 0 Å². The number of hydrogen-bond donors (Lipinski definition) is 3. The molecule has 0 unspecified atom stereocenters. The van der Waals surface area contributed by atoms with Crippen LogP contribution in [0.5, 0.6) is 0 Å². The number of carbonyl (C=O) groups excluding carboxylic acids is 2. The predicted octanol–water partition coefficient (Wildman–Crippen LogP) is 3.32. The minimum absolute atomic E-state index is 0.0338. The first kappa shape index (κ1) is 21.9. The number of rotatable bonds is 6. The zero-order chi connectivity index (χ0) is 24.0. The standard InChI is InChI=1S/C24H28N8O2/c1-13(2)32-12-15-11-31(4)22-16(20(15)30-32)6-5-7-17(22)26-18-10-19(27-23(33)14-8-9-14)28-29-21(18)24(34)25-3/h5-7,10,12-14H,8-9,11H2,1-4H3,(H,25,34)(H2,26,27,28,33). The van der Waals surface area contributed by atoms with E-state index in [0.29, 0.717) is 18.1 Å². The highest BCUT2D eigenvalue weighted by atomic mass is 16.2. The maximum absolute atomic E-state index is 12.5. The first-order valence-electron chi connectivity index (χ1n) is 11.5. The van der Waals surface area contributed by atoms with Gasteiger partial charge < -0.3 is 20.9 Å². The second-order valence-electron chi connectivity index (χ2n) is 9.09. The van der Waals surface area contributed by atoms with Gasteiger partial charge in [-0.2, -0.15) is 5.10 Å². The van der Waals surface area contributed by atoms with Crippen molar-refractivity contribution in [3.05, 3.63) is 41.7 Å². The molecule has 1 aliphatic heterocycles. The predicted molar refractivity (Wildman–Crippen MR) is 130 cm³/mol. The fraction of sp³-hybridized carbons (Fsp3) is 0.375. The molecule has 2 aliphatic rings. The molecule has 0 saturated heterocycles. The van der Waals surface area contributed by atoms with E-state index in [-0.39, 0.29) is 29.5 Å². The van der Waals surface area contributed by atoms with Gasteiger partial charge in [-0.1, -0.05) is 12.1 Å². The van der Waals surface area contributed by atoms with Gasteiger partial charge in [-0.05, 0) is 32.8 Å². The topological polar surface area (TPSA) is 117 Å². The maximum Gasteiger partial charge on any atom is 0.273 e. The zero-order valence-corrected chi connectivity index (χ0v) is 19.7. The summed E-state index contributed by atoms with van der Waals surface area (Å²) in [5, 5.41) is 21.8. The number of carbonyl (C=O) groups is 2. The molecule has 0 atom stereocenters. The molecule has 176 valence electrons. The Hall–Kier alpha value is -3.95. The maximum atomic E-state index is 12.5. The lowest BCUT2D eigenvalue weighted by Crippen LogP contribution is -2.24. The number of nitrogens with zero attached hydrogens (tertiary/aromatic N) is 5. The van der Waals surface area contributed by atoms with Crippen molar-refractivity contribution in [2.75, 3.05) is 29.6 Å². The number of anilines is 4. The van der Waals surface area contributed by atoms with E-state index in [2.05, 4.69) is 57.2 Å². The molecule has 34 heavy (non-hydrogen) atoms. The van der Waals surface area contributed by atoms with Crippen molar-refractivity contribution in [3.8, 4) is 11.3 Å². The van der Waals surface area contributed by atoms with Gasteiger partial charge >= 0.3 is 0 Å². The molecular formula is C24H28N8O2. The van der Waals surface area contributed by atoms with Gasteiger partial charge in [-0.3, -0.25) is 14.3 Å². The molecular weight excluding hydrogens is 432 g/mol. The Balaban J connectivity index is 1.54. The number of aromatic nitrogens is 4. The molecule has 3 aromatic rings. The zero-order valence-electron chi connectivity index (χ0n) is 19.7. The molecule has 2 amide bonds. The van der Waals surface area contributed by atoms with Gasteiger partial charge in [-0.15, -0.1) is 10.2 Å². The van der Waals surface area contributed by atoms with Gasteiger partial charge in [-0.25, -0.2) is 0 Å². The van der Waals surface area contributed by atoms with Crippen molar-refractivity contribution in [2.24, 2.45) is 5.92 Å². The van der Waals surface area contributed by atoms with Crippen LogP contribution in [0.4, 0.5) is 22.9 Å². The third-order valence-corrected chi connectivity index (χ3v) is 6.12. The molecule has 2 aromatic heterocycles. The third-order valence-electron chi connectivity index (χ3n) is 6.12. The molecule has 10 heteroatoms. The van der Waals surface area contributed by atoms with Crippen LogP contribution in [-0.2, 0) is 11.3 Å². The monoisotopic (exact) mass is 460 g/mol. The lowest BCUT2D eigenvalue weighted by Gasteiger charge is -2.29. The molecule has 3 N–H and O–H groups in total. The summed E-state index contributed by atoms with van der Waals surface area (Å²) in [5.41, 5.74) is 5.53. The van der Waals surface area contributed by atoms with Crippen LogP contribution in [0.25, 0.3) is 11.3 Å². The summed E-state index contributed by atoms with van der Waals surface area (Å²) in [5.74, 6) is -0.0983. The Morgan fingerprint density at radius 1 is 1.15 bits per heavy atom. The van der Waals surface area contributed by atoms with E-state index in [1.807, 2.05) is 23.9 Å². The van der Waals surface area contributed by atoms with Gasteiger partial charge in [0.2, 0.25) is 5.91 Å². The summed E-state index contributed by atoms with van der Waals surface area (Å²) in [7, 11) is 3.58. The average molecular weight is 461 g/mol. The van der Waals surface area contributed by atoms with Crippen LogP contribution < -0.4 is 20.9 Å². The summed E-state index contributed by atoms with van der Waals surface area (Å²) in [6.45, 7) is 4.93. The molecule has 0 bridgehead atoms. The minimum atomic E-state index is -0.369. The second-order valence-corrected chi connectivity index (χ2v) is 9.09. The van der Waals surface area contributed by atoms with Crippen molar-refractivity contribution in [1.82, 2.24) is 25.3 Å². The van der Waals surface area contributed by atoms with Crippen LogP contribution >= 0.6 is 0 Å². The van der Waals surface area contributed by atoms with Crippen molar-refractivity contribution >= 4 is 34.7 Å². The number of benzene rings is 1. The van der Waals surface area contributed by atoms with Crippen LogP contribution in [0, 0.1) is 5.92 Å². The lowest BCUT2D eigenvalue weighted by atomic mass is 9.99. The largest absolute Gasteiger partial charge is 0.368 e. The third kappa shape index (κ3) is 3.95. The summed E-state index contributed by atoms with van der Waals surface area (Å²) < 4.78 is 1.99. The van der Waals surface area contributed by atoms with E-state index < -0.39 is 0 Å². The lowest BCUT2D eigenvalue weighted by molar-refractivity contribution is -0.117. The van der Waals surface area contributed by atoms with Crippen molar-refractivity contribution < 1.29 is 9.59 Å². The fourth-order valence-electron chi connectivity index (χ4n) is 4.17. The molecule has 1 aliphatic carbocycles. The Morgan fingerprint density at radius 2 is 1.94 bits per heavy atom. The quantitative estimate of drug-likeness (QED) is 0.517. The highest BCUT2D eigenvalue weighted by molar-refractivity contribution is 6.01. The number of hydrogen-bond acceptors (Lipinski definition) is 7. The van der Waals surface area contributed by atoms with E-state index in [9.17, 15) is 9.59 Å². The van der Waals surface area contributed by atoms with Crippen LogP contribution in [0.1, 0.15) is 48.8 Å². The average Bonchev–Trinajstić information content (AvgIpc) is 3.58. The molecule has 3 heterocycles. The molecule has 1 aromatic carbocycles. The smallest absolute Gasteiger partial charge is 0.273 e. The van der Waals surface area contributed by atoms with Crippen LogP contribution in [0.15, 0.2) is 30.5 Å². The highest BCUT2D eigenvalue weighted by Gasteiger charge is 2.30. The molecule has 1 fully saturated rings. The minimum Gasteiger partial charge on any atom is -0.368 e. The Bertz CT molecular complexity index is 1280. The van der Waals surface area contributed by atoms with Crippen LogP contribution in [0.2, 0.25) is 0 Å². The highest BCUT2D eigenvalue weighted by Crippen LogP contribution is 2.43. The van der Waals surface area contributed by atoms with Crippen molar-refractivity contribution in [1.29, 1.82) is 0 Å². The number of para-hydroxylation sites is 1. The van der Waals surface area contributed by atoms with Gasteiger partial charge in [0, 0.05) is 56.0 Å². The van der Waals surface area contributed by atoms with E-state index in [1.54, 1.807) is 13.1 Å².